The Kier molecular flexibility index (Phi) is 4.26. The molecule has 5 aromatic rings. The number of nitrogens with zero attached hydrogens (tertiary/aromatic N) is 3. The predicted molar refractivity (Wildman–Crippen MR) is 114 cm³/mol. The normalized spacial score (nSPS) is 11.7. The smallest absolute Gasteiger partial charge is 0.309 e. The molecule has 0 saturated carbocycles. The van der Waals surface area contributed by atoms with Gasteiger partial charge < -0.3 is 4.57 Å². The van der Waals surface area contributed by atoms with E-state index in [1.807, 2.05) is 6.07 Å². The van der Waals surface area contributed by atoms with Gasteiger partial charge in [-0.15, -0.1) is 0 Å². The molecule has 0 saturated heterocycles. The SMILES string of the molecule is N#Cc1cc(-n2c3ccccc3c3cccc(C(F)(F)F)c32)ccc1-c1ccncc1. The zero-order chi connectivity index (χ0) is 21.6. The van der Waals surface area contributed by atoms with E-state index in [1.54, 1.807) is 71.6 Å². The topological polar surface area (TPSA) is 41.6 Å². The number of rotatable bonds is 2. The molecule has 0 unspecified atom stereocenters. The zero-order valence-electron chi connectivity index (χ0n) is 16.1. The standard InChI is InChI=1S/C25H14F3N3/c26-25(27,28)22-6-3-5-21-20-4-1-2-7-23(20)31(24(21)22)18-8-9-19(17(14-18)15-29)16-10-12-30-13-11-16/h1-14H. The van der Waals surface area contributed by atoms with Crippen LogP contribution in [0.25, 0.3) is 38.6 Å². The number of para-hydroxylation sites is 2. The van der Waals surface area contributed by atoms with Crippen LogP contribution in [0.2, 0.25) is 0 Å². The molecule has 0 bridgehead atoms. The molecule has 3 nitrogen and oxygen atoms in total. The van der Waals surface area contributed by atoms with E-state index < -0.39 is 11.7 Å². The summed E-state index contributed by atoms with van der Waals surface area (Å²) in [4.78, 5) is 3.99. The first-order valence-corrected chi connectivity index (χ1v) is 9.53. The molecule has 0 aliphatic carbocycles. The fraction of sp³-hybridized carbons (Fsp3) is 0.0400. The van der Waals surface area contributed by atoms with Gasteiger partial charge in [0.15, 0.2) is 0 Å². The van der Waals surface area contributed by atoms with Crippen molar-refractivity contribution in [2.75, 3.05) is 0 Å². The van der Waals surface area contributed by atoms with Crippen LogP contribution in [0.3, 0.4) is 0 Å². The number of nitriles is 1. The Balaban J connectivity index is 1.86. The molecule has 0 N–H and O–H groups in total. The van der Waals surface area contributed by atoms with Crippen LogP contribution in [0.15, 0.2) is 85.2 Å². The Labute approximate surface area is 175 Å². The number of pyridine rings is 1. The molecule has 0 spiro atoms. The van der Waals surface area contributed by atoms with Gasteiger partial charge in [0.25, 0.3) is 0 Å². The number of benzene rings is 3. The number of aromatic nitrogens is 2. The molecule has 150 valence electrons. The monoisotopic (exact) mass is 413 g/mol. The van der Waals surface area contributed by atoms with E-state index in [-0.39, 0.29) is 5.52 Å². The highest BCUT2D eigenvalue weighted by Gasteiger charge is 2.34. The second-order valence-electron chi connectivity index (χ2n) is 7.13. The molecular formula is C25H14F3N3. The van der Waals surface area contributed by atoms with Gasteiger partial charge in [-0.05, 0) is 47.5 Å². The van der Waals surface area contributed by atoms with Gasteiger partial charge >= 0.3 is 6.18 Å². The van der Waals surface area contributed by atoms with Crippen LogP contribution in [0.5, 0.6) is 0 Å². The van der Waals surface area contributed by atoms with Gasteiger partial charge in [-0.3, -0.25) is 4.98 Å². The minimum Gasteiger partial charge on any atom is -0.309 e. The summed E-state index contributed by atoms with van der Waals surface area (Å²) in [6.07, 6.45) is -1.25. The minimum absolute atomic E-state index is 0.0803. The lowest BCUT2D eigenvalue weighted by Gasteiger charge is -2.14. The Bertz CT molecular complexity index is 1480. The van der Waals surface area contributed by atoms with Gasteiger partial charge in [-0.25, -0.2) is 0 Å². The molecule has 0 fully saturated rings. The molecule has 6 heteroatoms. The van der Waals surface area contributed by atoms with Gasteiger partial charge in [0.2, 0.25) is 0 Å². The number of alkyl halides is 3. The fourth-order valence-corrected chi connectivity index (χ4v) is 4.06. The first-order valence-electron chi connectivity index (χ1n) is 9.53. The lowest BCUT2D eigenvalue weighted by molar-refractivity contribution is -0.136. The van der Waals surface area contributed by atoms with Gasteiger partial charge in [0.1, 0.15) is 0 Å². The average Bonchev–Trinajstić information content (AvgIpc) is 3.13. The molecule has 31 heavy (non-hydrogen) atoms. The summed E-state index contributed by atoms with van der Waals surface area (Å²) in [6.45, 7) is 0. The van der Waals surface area contributed by atoms with E-state index in [0.717, 1.165) is 17.0 Å². The van der Waals surface area contributed by atoms with E-state index >= 15 is 0 Å². The molecule has 0 amide bonds. The summed E-state index contributed by atoms with van der Waals surface area (Å²) >= 11 is 0. The van der Waals surface area contributed by atoms with E-state index in [4.69, 9.17) is 0 Å². The van der Waals surface area contributed by atoms with Crippen LogP contribution >= 0.6 is 0 Å². The lowest BCUT2D eigenvalue weighted by Crippen LogP contribution is -2.08. The third kappa shape index (κ3) is 3.03. The minimum atomic E-state index is -4.51. The molecule has 0 radical (unpaired) electrons. The first-order chi connectivity index (χ1) is 15.0. The highest BCUT2D eigenvalue weighted by molar-refractivity contribution is 6.10. The predicted octanol–water partition coefficient (Wildman–Crippen LogP) is 6.74. The molecule has 0 aliphatic rings. The molecule has 2 heterocycles. The maximum atomic E-state index is 13.9. The van der Waals surface area contributed by atoms with E-state index in [1.165, 1.54) is 6.07 Å². The Hall–Kier alpha value is -4.11. The van der Waals surface area contributed by atoms with Gasteiger partial charge in [0.05, 0.1) is 28.2 Å². The summed E-state index contributed by atoms with van der Waals surface area (Å²) in [6, 6.07) is 22.3. The number of hydrogen-bond acceptors (Lipinski definition) is 2. The Morgan fingerprint density at radius 1 is 0.839 bits per heavy atom. The van der Waals surface area contributed by atoms with E-state index in [0.29, 0.717) is 27.7 Å². The van der Waals surface area contributed by atoms with Crippen molar-refractivity contribution in [3.8, 4) is 22.9 Å². The van der Waals surface area contributed by atoms with Crippen molar-refractivity contribution in [1.82, 2.24) is 9.55 Å². The lowest BCUT2D eigenvalue weighted by atomic mass is 10.0. The molecule has 5 rings (SSSR count). The number of fused-ring (bicyclic) bond motifs is 3. The largest absolute Gasteiger partial charge is 0.418 e. The number of hydrogen-bond donors (Lipinski definition) is 0. The molecule has 3 aromatic carbocycles. The van der Waals surface area contributed by atoms with Crippen molar-refractivity contribution in [1.29, 1.82) is 5.26 Å². The second-order valence-corrected chi connectivity index (χ2v) is 7.13. The highest BCUT2D eigenvalue weighted by atomic mass is 19.4. The summed E-state index contributed by atoms with van der Waals surface area (Å²) in [7, 11) is 0. The van der Waals surface area contributed by atoms with E-state index in [9.17, 15) is 18.4 Å². The third-order valence-corrected chi connectivity index (χ3v) is 5.37. The van der Waals surface area contributed by atoms with E-state index in [2.05, 4.69) is 11.1 Å². The summed E-state index contributed by atoms with van der Waals surface area (Å²) in [5.41, 5.74) is 2.41. The van der Waals surface area contributed by atoms with Crippen LogP contribution in [-0.4, -0.2) is 9.55 Å². The van der Waals surface area contributed by atoms with Crippen molar-refractivity contribution in [3.63, 3.8) is 0 Å². The molecule has 0 atom stereocenters. The highest BCUT2D eigenvalue weighted by Crippen LogP contribution is 2.41. The van der Waals surface area contributed by atoms with Crippen molar-refractivity contribution < 1.29 is 13.2 Å². The summed E-state index contributed by atoms with van der Waals surface area (Å²) in [5.74, 6) is 0. The average molecular weight is 413 g/mol. The molecule has 2 aromatic heterocycles. The van der Waals surface area contributed by atoms with Crippen molar-refractivity contribution >= 4 is 21.8 Å². The molecule has 0 aliphatic heterocycles. The van der Waals surface area contributed by atoms with Crippen molar-refractivity contribution in [3.05, 3.63) is 96.3 Å². The van der Waals surface area contributed by atoms with Crippen LogP contribution < -0.4 is 0 Å². The van der Waals surface area contributed by atoms with Crippen LogP contribution in [0.1, 0.15) is 11.1 Å². The fourth-order valence-electron chi connectivity index (χ4n) is 4.06. The maximum Gasteiger partial charge on any atom is 0.418 e. The van der Waals surface area contributed by atoms with Crippen molar-refractivity contribution in [2.45, 2.75) is 6.18 Å². The van der Waals surface area contributed by atoms with Crippen LogP contribution in [-0.2, 0) is 6.18 Å². The van der Waals surface area contributed by atoms with Gasteiger partial charge in [-0.1, -0.05) is 36.4 Å². The molecular weight excluding hydrogens is 399 g/mol. The third-order valence-electron chi connectivity index (χ3n) is 5.37. The van der Waals surface area contributed by atoms with Crippen LogP contribution in [0.4, 0.5) is 13.2 Å². The first kappa shape index (κ1) is 18.9. The van der Waals surface area contributed by atoms with Crippen LogP contribution in [0, 0.1) is 11.3 Å². The Morgan fingerprint density at radius 2 is 1.58 bits per heavy atom. The summed E-state index contributed by atoms with van der Waals surface area (Å²) < 4.78 is 43.3. The van der Waals surface area contributed by atoms with Gasteiger partial charge in [0, 0.05) is 28.9 Å². The Morgan fingerprint density at radius 3 is 2.32 bits per heavy atom. The van der Waals surface area contributed by atoms with Crippen molar-refractivity contribution in [2.24, 2.45) is 0 Å². The quantitative estimate of drug-likeness (QED) is 0.322. The maximum absolute atomic E-state index is 13.9. The zero-order valence-corrected chi connectivity index (χ0v) is 16.1. The van der Waals surface area contributed by atoms with Gasteiger partial charge in [-0.2, -0.15) is 18.4 Å². The summed E-state index contributed by atoms with van der Waals surface area (Å²) in [5, 5.41) is 11.0. The second kappa shape index (κ2) is 6.99. The number of halogens is 3.